The molecule has 7 nitrogen and oxygen atoms in total. The van der Waals surface area contributed by atoms with Crippen LogP contribution in [0, 0.1) is 5.82 Å². The van der Waals surface area contributed by atoms with Crippen LogP contribution in [-0.2, 0) is 6.18 Å². The highest BCUT2D eigenvalue weighted by atomic mass is 32.1. The molecule has 1 aliphatic heterocycles. The number of rotatable bonds is 5. The van der Waals surface area contributed by atoms with Crippen LogP contribution in [0.15, 0.2) is 57.9 Å². The van der Waals surface area contributed by atoms with Gasteiger partial charge in [-0.15, -0.1) is 11.3 Å². The molecule has 0 unspecified atom stereocenters. The molecule has 4 rings (SSSR count). The van der Waals surface area contributed by atoms with E-state index in [1.165, 1.54) is 22.9 Å². The lowest BCUT2D eigenvalue weighted by molar-refractivity contribution is -0.139. The van der Waals surface area contributed by atoms with Gasteiger partial charge in [0.1, 0.15) is 12.2 Å². The summed E-state index contributed by atoms with van der Waals surface area (Å²) in [5, 5.41) is 9.55. The maximum atomic E-state index is 14.3. The van der Waals surface area contributed by atoms with Crippen molar-refractivity contribution in [3.05, 3.63) is 64.8 Å². The summed E-state index contributed by atoms with van der Waals surface area (Å²) in [5.41, 5.74) is 2.29. The highest BCUT2D eigenvalue weighted by molar-refractivity contribution is 7.14. The van der Waals surface area contributed by atoms with Crippen LogP contribution in [0.25, 0.3) is 11.3 Å². The Morgan fingerprint density at radius 2 is 1.91 bits per heavy atom. The number of benzene rings is 2. The fraction of sp³-hybridized carbons (Fsp3) is 0.100. The predicted molar refractivity (Wildman–Crippen MR) is 114 cm³/mol. The molecule has 2 N–H and O–H groups in total. The number of thiazole rings is 1. The Kier molecular flexibility index (Phi) is 5.86. The lowest BCUT2D eigenvalue weighted by atomic mass is 10.1. The molecule has 0 aliphatic carbocycles. The van der Waals surface area contributed by atoms with Crippen molar-refractivity contribution < 1.29 is 22.4 Å². The predicted octanol–water partition coefficient (Wildman–Crippen LogP) is 4.88. The summed E-state index contributed by atoms with van der Waals surface area (Å²) < 4.78 is 53.1. The Morgan fingerprint density at radius 3 is 2.59 bits per heavy atom. The number of nitrogens with one attached hydrogen (secondary N) is 2. The highest BCUT2D eigenvalue weighted by Crippen LogP contribution is 2.36. The lowest BCUT2D eigenvalue weighted by Gasteiger charge is -2.17. The molecule has 1 aliphatic rings. The number of hydrazone groups is 1. The van der Waals surface area contributed by atoms with Crippen LogP contribution in [0.4, 0.5) is 28.4 Å². The van der Waals surface area contributed by atoms with Gasteiger partial charge in [-0.1, -0.05) is 6.07 Å². The van der Waals surface area contributed by atoms with Crippen molar-refractivity contribution >= 4 is 40.6 Å². The molecule has 0 atom stereocenters. The normalized spacial score (nSPS) is 13.3. The molecule has 0 spiro atoms. The maximum absolute atomic E-state index is 14.3. The first-order valence-corrected chi connectivity index (χ1v) is 10.0. The fourth-order valence-corrected chi connectivity index (χ4v) is 3.49. The van der Waals surface area contributed by atoms with Gasteiger partial charge in [0.25, 0.3) is 5.91 Å². The molecule has 0 radical (unpaired) electrons. The monoisotopic (exact) mass is 462 g/mol. The number of hydrazine groups is 1. The molecule has 3 aromatic rings. The maximum Gasteiger partial charge on any atom is 0.419 e. The zero-order valence-corrected chi connectivity index (χ0v) is 16.9. The molecule has 1 amide bonds. The van der Waals surface area contributed by atoms with Crippen molar-refractivity contribution in [3.63, 3.8) is 0 Å². The third-order valence-corrected chi connectivity index (χ3v) is 5.04. The molecule has 0 saturated carbocycles. The smallest absolute Gasteiger partial charge is 0.298 e. The molecule has 0 fully saturated rings. The first kappa shape index (κ1) is 21.4. The second-order valence-electron chi connectivity index (χ2n) is 6.47. The number of carbonyl (C=O) groups is 1. The summed E-state index contributed by atoms with van der Waals surface area (Å²) in [6.07, 6.45) is -1.67. The second kappa shape index (κ2) is 8.75. The van der Waals surface area contributed by atoms with Gasteiger partial charge in [-0.2, -0.15) is 23.4 Å². The molecule has 1 aromatic heterocycles. The van der Waals surface area contributed by atoms with Gasteiger partial charge < -0.3 is 0 Å². The minimum absolute atomic E-state index is 0.00259. The van der Waals surface area contributed by atoms with E-state index in [4.69, 9.17) is 0 Å². The number of hydrogen-bond donors (Lipinski definition) is 2. The van der Waals surface area contributed by atoms with Crippen molar-refractivity contribution in [3.8, 4) is 11.3 Å². The van der Waals surface area contributed by atoms with E-state index in [2.05, 4.69) is 25.8 Å². The molecular formula is C20H14F4N6OS. The quantitative estimate of drug-likeness (QED) is 0.530. The zero-order valence-electron chi connectivity index (χ0n) is 16.1. The van der Waals surface area contributed by atoms with Crippen molar-refractivity contribution in [1.29, 1.82) is 0 Å². The molecule has 2 heterocycles. The van der Waals surface area contributed by atoms with Gasteiger partial charge in [-0.25, -0.2) is 9.37 Å². The van der Waals surface area contributed by atoms with Crippen LogP contribution in [0.1, 0.15) is 15.9 Å². The second-order valence-corrected chi connectivity index (χ2v) is 7.33. The van der Waals surface area contributed by atoms with E-state index in [1.54, 1.807) is 30.5 Å². The average molecular weight is 462 g/mol. The number of halogens is 4. The summed E-state index contributed by atoms with van der Waals surface area (Å²) in [4.78, 5) is 20.6. The number of nitrogens with zero attached hydrogens (tertiary/aromatic N) is 4. The van der Waals surface area contributed by atoms with Gasteiger partial charge in [0.2, 0.25) is 0 Å². The molecule has 12 heteroatoms. The van der Waals surface area contributed by atoms with Crippen LogP contribution in [0.3, 0.4) is 0 Å². The minimum atomic E-state index is -4.82. The summed E-state index contributed by atoms with van der Waals surface area (Å²) >= 11 is 0.975. The van der Waals surface area contributed by atoms with Crippen molar-refractivity contribution in [2.75, 3.05) is 17.3 Å². The standard InChI is InChI=1S/C20H14F4N6OS/c21-17-14(2-1-3-15(17)20(22,23)24)16-10-32-19(27-16)28-18(31)12-4-6-13(7-5-12)29-30-11-25-8-9-26-30/h1-7,9-11,29H,8H2,(H,27,28,31). The van der Waals surface area contributed by atoms with Gasteiger partial charge in [0.05, 0.1) is 23.5 Å². The van der Waals surface area contributed by atoms with E-state index in [9.17, 15) is 22.4 Å². The first-order valence-electron chi connectivity index (χ1n) is 9.12. The number of aliphatic imine (C=N–C) groups is 1. The van der Waals surface area contributed by atoms with Crippen molar-refractivity contribution in [2.45, 2.75) is 6.18 Å². The summed E-state index contributed by atoms with van der Waals surface area (Å²) in [6.45, 7) is 0.510. The van der Waals surface area contributed by atoms with Gasteiger partial charge >= 0.3 is 6.18 Å². The molecule has 2 aromatic carbocycles. The van der Waals surface area contributed by atoms with Gasteiger partial charge in [0, 0.05) is 22.7 Å². The Bertz CT molecular complexity index is 1180. The van der Waals surface area contributed by atoms with Crippen molar-refractivity contribution in [1.82, 2.24) is 10.1 Å². The summed E-state index contributed by atoms with van der Waals surface area (Å²) in [6, 6.07) is 9.45. The lowest BCUT2D eigenvalue weighted by Crippen LogP contribution is -2.25. The molecule has 32 heavy (non-hydrogen) atoms. The Labute approximate surface area is 183 Å². The van der Waals surface area contributed by atoms with Crippen LogP contribution in [0.5, 0.6) is 0 Å². The van der Waals surface area contributed by atoms with E-state index in [0.717, 1.165) is 17.4 Å². The number of aromatic nitrogens is 1. The topological polar surface area (TPSA) is 82.0 Å². The van der Waals surface area contributed by atoms with Crippen LogP contribution >= 0.6 is 11.3 Å². The minimum Gasteiger partial charge on any atom is -0.298 e. The van der Waals surface area contributed by atoms with Crippen LogP contribution in [-0.4, -0.2) is 35.1 Å². The van der Waals surface area contributed by atoms with E-state index < -0.39 is 23.5 Å². The Morgan fingerprint density at radius 1 is 1.12 bits per heavy atom. The summed E-state index contributed by atoms with van der Waals surface area (Å²) in [7, 11) is 0. The third-order valence-electron chi connectivity index (χ3n) is 4.28. The van der Waals surface area contributed by atoms with Gasteiger partial charge in [0.15, 0.2) is 5.13 Å². The van der Waals surface area contributed by atoms with Gasteiger partial charge in [-0.3, -0.25) is 20.5 Å². The zero-order chi connectivity index (χ0) is 22.7. The molecule has 164 valence electrons. The molecule has 0 saturated heterocycles. The van der Waals surface area contributed by atoms with Crippen LogP contribution < -0.4 is 10.7 Å². The van der Waals surface area contributed by atoms with E-state index in [-0.39, 0.29) is 16.4 Å². The average Bonchev–Trinajstić information content (AvgIpc) is 3.22. The van der Waals surface area contributed by atoms with Crippen molar-refractivity contribution in [2.24, 2.45) is 10.1 Å². The fourth-order valence-electron chi connectivity index (χ4n) is 2.78. The number of alkyl halides is 3. The van der Waals surface area contributed by atoms with Crippen LogP contribution in [0.2, 0.25) is 0 Å². The largest absolute Gasteiger partial charge is 0.419 e. The number of hydrogen-bond acceptors (Lipinski definition) is 7. The highest BCUT2D eigenvalue weighted by Gasteiger charge is 2.35. The number of anilines is 2. The first-order chi connectivity index (χ1) is 15.3. The van der Waals surface area contributed by atoms with E-state index >= 15 is 0 Å². The Balaban J connectivity index is 1.45. The molecular weight excluding hydrogens is 448 g/mol. The third kappa shape index (κ3) is 4.75. The van der Waals surface area contributed by atoms with E-state index in [1.807, 2.05) is 0 Å². The molecule has 0 bridgehead atoms. The summed E-state index contributed by atoms with van der Waals surface area (Å²) in [5.74, 6) is -1.88. The Hall–Kier alpha value is -3.80. The number of amides is 1. The SMILES string of the molecule is O=C(Nc1nc(-c2cccc(C(F)(F)F)c2F)cs1)c1ccc(NN2C=NCC=N2)cc1. The van der Waals surface area contributed by atoms with Gasteiger partial charge in [-0.05, 0) is 36.4 Å². The number of carbonyl (C=O) groups excluding carboxylic acids is 1. The van der Waals surface area contributed by atoms with E-state index in [0.29, 0.717) is 23.9 Å².